The normalized spacial score (nSPS) is 21.2. The number of hydrogen-bond donors (Lipinski definition) is 1. The number of rotatable bonds is 5. The first-order valence-corrected chi connectivity index (χ1v) is 12.8. The van der Waals surface area contributed by atoms with Crippen LogP contribution in [0, 0.1) is 5.92 Å². The molecule has 0 aromatic heterocycles. The molecule has 1 atom stereocenters. The van der Waals surface area contributed by atoms with E-state index in [4.69, 9.17) is 11.6 Å². The molecule has 6 nitrogen and oxygen atoms in total. The van der Waals surface area contributed by atoms with Gasteiger partial charge in [-0.15, -0.1) is 0 Å². The van der Waals surface area contributed by atoms with Gasteiger partial charge in [-0.1, -0.05) is 23.7 Å². The summed E-state index contributed by atoms with van der Waals surface area (Å²) < 4.78 is 0. The van der Waals surface area contributed by atoms with Gasteiger partial charge < -0.3 is 15.1 Å². The van der Waals surface area contributed by atoms with Crippen LogP contribution in [-0.4, -0.2) is 56.0 Å². The van der Waals surface area contributed by atoms with E-state index in [0.29, 0.717) is 18.0 Å². The van der Waals surface area contributed by atoms with Crippen LogP contribution >= 0.6 is 11.6 Å². The number of amides is 2. The number of piperidine rings is 2. The first kappa shape index (κ1) is 23.2. The molecule has 0 radical (unpaired) electrons. The quantitative estimate of drug-likeness (QED) is 0.692. The summed E-state index contributed by atoms with van der Waals surface area (Å²) in [7, 11) is 1.83. The minimum atomic E-state index is -0.0620. The highest BCUT2D eigenvalue weighted by Crippen LogP contribution is 2.39. The van der Waals surface area contributed by atoms with Crippen molar-refractivity contribution in [3.8, 4) is 0 Å². The molecule has 34 heavy (non-hydrogen) atoms. The molecule has 3 heterocycles. The van der Waals surface area contributed by atoms with E-state index in [1.165, 1.54) is 5.56 Å². The van der Waals surface area contributed by atoms with Crippen molar-refractivity contribution in [1.29, 1.82) is 0 Å². The minimum Gasteiger partial charge on any atom is -0.358 e. The fraction of sp³-hybridized carbons (Fsp3) is 0.481. The Balaban J connectivity index is 1.15. The number of fused-ring (bicyclic) bond motifs is 3. The van der Waals surface area contributed by atoms with Crippen LogP contribution in [0.25, 0.3) is 0 Å². The molecule has 180 valence electrons. The predicted octanol–water partition coefficient (Wildman–Crippen LogP) is 4.32. The Morgan fingerprint density at radius 3 is 2.53 bits per heavy atom. The van der Waals surface area contributed by atoms with Crippen LogP contribution in [0.1, 0.15) is 48.0 Å². The lowest BCUT2D eigenvalue weighted by atomic mass is 9.95. The third-order valence-corrected chi connectivity index (χ3v) is 7.86. The molecular weight excluding hydrogens is 448 g/mol. The lowest BCUT2D eigenvalue weighted by Crippen LogP contribution is -2.54. The van der Waals surface area contributed by atoms with Gasteiger partial charge in [0.15, 0.2) is 0 Å². The highest BCUT2D eigenvalue weighted by molar-refractivity contribution is 6.30. The van der Waals surface area contributed by atoms with Crippen LogP contribution in [0.2, 0.25) is 5.02 Å². The van der Waals surface area contributed by atoms with Crippen LogP contribution < -0.4 is 15.1 Å². The summed E-state index contributed by atoms with van der Waals surface area (Å²) in [5, 5.41) is 3.91. The molecule has 7 heteroatoms. The number of carbonyl (C=O) groups is 2. The van der Waals surface area contributed by atoms with Gasteiger partial charge in [-0.25, -0.2) is 0 Å². The number of nitrogens with one attached hydrogen (secondary N) is 1. The molecule has 2 saturated heterocycles. The van der Waals surface area contributed by atoms with Gasteiger partial charge in [0.05, 0.1) is 11.4 Å². The molecule has 5 rings (SSSR count). The molecule has 1 N–H and O–H groups in total. The van der Waals surface area contributed by atoms with E-state index >= 15 is 0 Å². The standard InChI is InChI=1S/C27H33ClN4O2/c1-30-25-16-21(7-10-23(25)32-13-3-2-4-24(32)27(30)34)26(33)29-17-19-11-14-31(15-12-19)18-20-5-8-22(28)9-6-20/h5-10,16,19,24H,2-4,11-15,17-18H2,1H3,(H,29,33)/t24-/m1/s1. The van der Waals surface area contributed by atoms with Gasteiger partial charge in [0.1, 0.15) is 6.04 Å². The number of likely N-dealkylation sites (tertiary alicyclic amines) is 1. The monoisotopic (exact) mass is 480 g/mol. The smallest absolute Gasteiger partial charge is 0.251 e. The molecule has 3 aliphatic rings. The molecule has 0 saturated carbocycles. The van der Waals surface area contributed by atoms with E-state index in [1.807, 2.05) is 37.4 Å². The maximum Gasteiger partial charge on any atom is 0.251 e. The third-order valence-electron chi connectivity index (χ3n) is 7.60. The molecule has 0 aliphatic carbocycles. The second-order valence-corrected chi connectivity index (χ2v) is 10.3. The van der Waals surface area contributed by atoms with Gasteiger partial charge in [0, 0.05) is 37.3 Å². The Labute approximate surface area is 206 Å². The number of halogens is 1. The van der Waals surface area contributed by atoms with Crippen molar-refractivity contribution in [1.82, 2.24) is 10.2 Å². The number of hydrogen-bond acceptors (Lipinski definition) is 4. The minimum absolute atomic E-state index is 0.0588. The fourth-order valence-corrected chi connectivity index (χ4v) is 5.66. The summed E-state index contributed by atoms with van der Waals surface area (Å²) >= 11 is 5.99. The first-order chi connectivity index (χ1) is 16.5. The van der Waals surface area contributed by atoms with Crippen LogP contribution in [0.15, 0.2) is 42.5 Å². The topological polar surface area (TPSA) is 55.9 Å². The van der Waals surface area contributed by atoms with Crippen LogP contribution in [-0.2, 0) is 11.3 Å². The van der Waals surface area contributed by atoms with Crippen molar-refractivity contribution in [2.24, 2.45) is 5.92 Å². The van der Waals surface area contributed by atoms with Crippen LogP contribution in [0.5, 0.6) is 0 Å². The van der Waals surface area contributed by atoms with Crippen molar-refractivity contribution in [3.63, 3.8) is 0 Å². The van der Waals surface area contributed by atoms with Crippen molar-refractivity contribution < 1.29 is 9.59 Å². The number of carbonyl (C=O) groups excluding carboxylic acids is 2. The lowest BCUT2D eigenvalue weighted by Gasteiger charge is -2.44. The van der Waals surface area contributed by atoms with Crippen molar-refractivity contribution in [2.75, 3.05) is 43.0 Å². The average molecular weight is 481 g/mol. The van der Waals surface area contributed by atoms with Gasteiger partial charge >= 0.3 is 0 Å². The number of anilines is 2. The fourth-order valence-electron chi connectivity index (χ4n) is 5.53. The number of likely N-dealkylation sites (N-methyl/N-ethyl adjacent to an activating group) is 1. The SMILES string of the molecule is CN1C(=O)[C@H]2CCCCN2c2ccc(C(=O)NCC3CCN(Cc4ccc(Cl)cc4)CC3)cc21. The van der Waals surface area contributed by atoms with Gasteiger partial charge in [0.25, 0.3) is 5.91 Å². The average Bonchev–Trinajstić information content (AvgIpc) is 2.87. The maximum absolute atomic E-state index is 12.9. The van der Waals surface area contributed by atoms with E-state index in [9.17, 15) is 9.59 Å². The Morgan fingerprint density at radius 1 is 1.00 bits per heavy atom. The highest BCUT2D eigenvalue weighted by Gasteiger charge is 2.38. The largest absolute Gasteiger partial charge is 0.358 e. The summed E-state index contributed by atoms with van der Waals surface area (Å²) in [6.45, 7) is 4.60. The summed E-state index contributed by atoms with van der Waals surface area (Å²) in [4.78, 5) is 32.2. The van der Waals surface area contributed by atoms with Crippen LogP contribution in [0.3, 0.4) is 0 Å². The second-order valence-electron chi connectivity index (χ2n) is 9.86. The second kappa shape index (κ2) is 9.96. The Kier molecular flexibility index (Phi) is 6.79. The molecular formula is C27H33ClN4O2. The van der Waals surface area contributed by atoms with Gasteiger partial charge in [-0.2, -0.15) is 0 Å². The van der Waals surface area contributed by atoms with Gasteiger partial charge in [0.2, 0.25) is 5.91 Å². The summed E-state index contributed by atoms with van der Waals surface area (Å²) in [5.74, 6) is 0.560. The van der Waals surface area contributed by atoms with E-state index in [1.54, 1.807) is 4.90 Å². The molecule has 2 aromatic rings. The zero-order chi connectivity index (χ0) is 23.7. The molecule has 0 unspecified atom stereocenters. The number of nitrogens with zero attached hydrogens (tertiary/aromatic N) is 3. The third kappa shape index (κ3) is 4.80. The zero-order valence-corrected chi connectivity index (χ0v) is 20.6. The van der Waals surface area contributed by atoms with E-state index in [-0.39, 0.29) is 17.9 Å². The molecule has 3 aliphatic heterocycles. The predicted molar refractivity (Wildman–Crippen MR) is 137 cm³/mol. The Morgan fingerprint density at radius 2 is 1.76 bits per heavy atom. The van der Waals surface area contributed by atoms with E-state index < -0.39 is 0 Å². The van der Waals surface area contributed by atoms with Crippen molar-refractivity contribution >= 4 is 34.8 Å². The van der Waals surface area contributed by atoms with Crippen LogP contribution in [0.4, 0.5) is 11.4 Å². The summed E-state index contributed by atoms with van der Waals surface area (Å²) in [6.07, 6.45) is 5.25. The first-order valence-electron chi connectivity index (χ1n) is 12.4. The highest BCUT2D eigenvalue weighted by atomic mass is 35.5. The Bertz CT molecular complexity index is 1050. The van der Waals surface area contributed by atoms with Crippen molar-refractivity contribution in [3.05, 3.63) is 58.6 Å². The summed E-state index contributed by atoms with van der Waals surface area (Å²) in [6, 6.07) is 13.8. The number of benzene rings is 2. The lowest BCUT2D eigenvalue weighted by molar-refractivity contribution is -0.120. The van der Waals surface area contributed by atoms with Crippen molar-refractivity contribution in [2.45, 2.75) is 44.7 Å². The molecule has 0 spiro atoms. The summed E-state index contributed by atoms with van der Waals surface area (Å²) in [5.41, 5.74) is 3.81. The Hall–Kier alpha value is -2.57. The molecule has 2 aromatic carbocycles. The molecule has 0 bridgehead atoms. The van der Waals surface area contributed by atoms with E-state index in [2.05, 4.69) is 27.2 Å². The van der Waals surface area contributed by atoms with Gasteiger partial charge in [-0.05, 0) is 87.0 Å². The zero-order valence-electron chi connectivity index (χ0n) is 19.8. The maximum atomic E-state index is 12.9. The van der Waals surface area contributed by atoms with E-state index in [0.717, 1.165) is 74.7 Å². The molecule has 2 amide bonds. The van der Waals surface area contributed by atoms with Gasteiger partial charge in [-0.3, -0.25) is 14.5 Å². The molecule has 2 fully saturated rings.